The molecular formula is C11H23N3. The van der Waals surface area contributed by atoms with Crippen LogP contribution in [0.1, 0.15) is 19.8 Å². The zero-order valence-electron chi connectivity index (χ0n) is 9.34. The maximum absolute atomic E-state index is 3.50. The second-order valence-electron chi connectivity index (χ2n) is 4.47. The van der Waals surface area contributed by atoms with Gasteiger partial charge in [-0.3, -0.25) is 4.90 Å². The molecule has 0 aliphatic carbocycles. The molecule has 2 aliphatic rings. The molecule has 0 radical (unpaired) electrons. The molecule has 14 heavy (non-hydrogen) atoms. The highest BCUT2D eigenvalue weighted by Gasteiger charge is 2.23. The van der Waals surface area contributed by atoms with Crippen molar-refractivity contribution in [2.24, 2.45) is 0 Å². The van der Waals surface area contributed by atoms with Crippen LogP contribution in [0, 0.1) is 0 Å². The minimum absolute atomic E-state index is 0.822. The Morgan fingerprint density at radius 3 is 2.57 bits per heavy atom. The molecule has 3 heteroatoms. The average Bonchev–Trinajstić information content (AvgIpc) is 2.30. The molecule has 0 spiro atoms. The topological polar surface area (TPSA) is 18.5 Å². The standard InChI is InChI=1S/C11H23N3/c1-2-13-6-8-14(9-7-13)11-4-3-5-12-10-11/h11-12H,2-10H2,1H3. The summed E-state index contributed by atoms with van der Waals surface area (Å²) in [5, 5.41) is 3.50. The minimum atomic E-state index is 0.822. The molecule has 2 rings (SSSR count). The van der Waals surface area contributed by atoms with Crippen LogP contribution in [0.5, 0.6) is 0 Å². The van der Waals surface area contributed by atoms with Crippen molar-refractivity contribution >= 4 is 0 Å². The summed E-state index contributed by atoms with van der Waals surface area (Å²) in [6.07, 6.45) is 2.76. The van der Waals surface area contributed by atoms with Crippen LogP contribution in [-0.4, -0.2) is 61.7 Å². The molecule has 0 aromatic heterocycles. The van der Waals surface area contributed by atoms with E-state index in [1.165, 1.54) is 58.7 Å². The van der Waals surface area contributed by atoms with Gasteiger partial charge in [-0.05, 0) is 25.9 Å². The van der Waals surface area contributed by atoms with E-state index in [1.807, 2.05) is 0 Å². The van der Waals surface area contributed by atoms with Crippen LogP contribution in [0.15, 0.2) is 0 Å². The van der Waals surface area contributed by atoms with E-state index < -0.39 is 0 Å². The summed E-state index contributed by atoms with van der Waals surface area (Å²) >= 11 is 0. The van der Waals surface area contributed by atoms with Crippen LogP contribution >= 0.6 is 0 Å². The van der Waals surface area contributed by atoms with E-state index >= 15 is 0 Å². The van der Waals surface area contributed by atoms with Crippen molar-refractivity contribution in [3.63, 3.8) is 0 Å². The molecule has 0 saturated carbocycles. The lowest BCUT2D eigenvalue weighted by Gasteiger charge is -2.40. The van der Waals surface area contributed by atoms with Crippen LogP contribution in [-0.2, 0) is 0 Å². The highest BCUT2D eigenvalue weighted by atomic mass is 15.3. The van der Waals surface area contributed by atoms with Crippen LogP contribution < -0.4 is 5.32 Å². The molecule has 1 unspecified atom stereocenters. The molecule has 0 aromatic rings. The van der Waals surface area contributed by atoms with E-state index in [-0.39, 0.29) is 0 Å². The van der Waals surface area contributed by atoms with E-state index in [4.69, 9.17) is 0 Å². The van der Waals surface area contributed by atoms with Gasteiger partial charge in [0.1, 0.15) is 0 Å². The van der Waals surface area contributed by atoms with Gasteiger partial charge in [-0.1, -0.05) is 6.92 Å². The molecule has 1 N–H and O–H groups in total. The number of likely N-dealkylation sites (N-methyl/N-ethyl adjacent to an activating group) is 1. The number of nitrogens with one attached hydrogen (secondary N) is 1. The Bertz CT molecular complexity index is 158. The second-order valence-corrected chi connectivity index (χ2v) is 4.47. The number of rotatable bonds is 2. The lowest BCUT2D eigenvalue weighted by molar-refractivity contribution is 0.0873. The summed E-state index contributed by atoms with van der Waals surface area (Å²) in [6, 6.07) is 0.822. The molecule has 1 atom stereocenters. The average molecular weight is 197 g/mol. The van der Waals surface area contributed by atoms with E-state index in [1.54, 1.807) is 0 Å². The molecular weight excluding hydrogens is 174 g/mol. The van der Waals surface area contributed by atoms with Crippen molar-refractivity contribution in [2.45, 2.75) is 25.8 Å². The molecule has 2 heterocycles. The van der Waals surface area contributed by atoms with Crippen molar-refractivity contribution < 1.29 is 0 Å². The summed E-state index contributed by atoms with van der Waals surface area (Å²) in [5.74, 6) is 0. The molecule has 0 amide bonds. The first kappa shape index (κ1) is 10.4. The summed E-state index contributed by atoms with van der Waals surface area (Å²) in [7, 11) is 0. The number of hydrogen-bond donors (Lipinski definition) is 1. The lowest BCUT2D eigenvalue weighted by Crippen LogP contribution is -2.54. The molecule has 0 aromatic carbocycles. The Morgan fingerprint density at radius 2 is 2.00 bits per heavy atom. The minimum Gasteiger partial charge on any atom is -0.315 e. The number of nitrogens with zero attached hydrogens (tertiary/aromatic N) is 2. The maximum Gasteiger partial charge on any atom is 0.0222 e. The van der Waals surface area contributed by atoms with Gasteiger partial charge in [-0.15, -0.1) is 0 Å². The fourth-order valence-corrected chi connectivity index (χ4v) is 2.59. The van der Waals surface area contributed by atoms with Crippen LogP contribution in [0.2, 0.25) is 0 Å². The largest absolute Gasteiger partial charge is 0.315 e. The molecule has 82 valence electrons. The third-order valence-electron chi connectivity index (χ3n) is 3.64. The van der Waals surface area contributed by atoms with Crippen molar-refractivity contribution in [3.8, 4) is 0 Å². The fourth-order valence-electron chi connectivity index (χ4n) is 2.59. The Hall–Kier alpha value is -0.120. The van der Waals surface area contributed by atoms with E-state index in [9.17, 15) is 0 Å². The Balaban J connectivity index is 1.76. The highest BCUT2D eigenvalue weighted by molar-refractivity contribution is 4.82. The Kier molecular flexibility index (Phi) is 3.79. The molecule has 0 bridgehead atoms. The summed E-state index contributed by atoms with van der Waals surface area (Å²) in [4.78, 5) is 5.23. The van der Waals surface area contributed by atoms with Gasteiger partial charge in [0.2, 0.25) is 0 Å². The monoisotopic (exact) mass is 197 g/mol. The summed E-state index contributed by atoms with van der Waals surface area (Å²) in [5.41, 5.74) is 0. The highest BCUT2D eigenvalue weighted by Crippen LogP contribution is 2.12. The molecule has 2 fully saturated rings. The lowest BCUT2D eigenvalue weighted by atomic mass is 10.1. The first-order chi connectivity index (χ1) is 6.90. The van der Waals surface area contributed by atoms with Crippen molar-refractivity contribution in [2.75, 3.05) is 45.8 Å². The number of piperazine rings is 1. The normalized spacial score (nSPS) is 31.9. The van der Waals surface area contributed by atoms with Gasteiger partial charge >= 0.3 is 0 Å². The summed E-state index contributed by atoms with van der Waals surface area (Å²) in [6.45, 7) is 11.0. The van der Waals surface area contributed by atoms with Crippen molar-refractivity contribution in [1.29, 1.82) is 0 Å². The fraction of sp³-hybridized carbons (Fsp3) is 1.00. The molecule has 2 saturated heterocycles. The molecule has 3 nitrogen and oxygen atoms in total. The van der Waals surface area contributed by atoms with Gasteiger partial charge in [-0.2, -0.15) is 0 Å². The van der Waals surface area contributed by atoms with Crippen LogP contribution in [0.3, 0.4) is 0 Å². The van der Waals surface area contributed by atoms with Gasteiger partial charge in [0, 0.05) is 38.8 Å². The van der Waals surface area contributed by atoms with E-state index in [2.05, 4.69) is 22.0 Å². The molecule has 2 aliphatic heterocycles. The van der Waals surface area contributed by atoms with Gasteiger partial charge in [-0.25, -0.2) is 0 Å². The number of hydrogen-bond acceptors (Lipinski definition) is 3. The smallest absolute Gasteiger partial charge is 0.0222 e. The van der Waals surface area contributed by atoms with Crippen molar-refractivity contribution in [1.82, 2.24) is 15.1 Å². The summed E-state index contributed by atoms with van der Waals surface area (Å²) < 4.78 is 0. The zero-order chi connectivity index (χ0) is 9.80. The van der Waals surface area contributed by atoms with Gasteiger partial charge < -0.3 is 10.2 Å². The van der Waals surface area contributed by atoms with Gasteiger partial charge in [0.05, 0.1) is 0 Å². The Labute approximate surface area is 87.4 Å². The second kappa shape index (κ2) is 5.10. The van der Waals surface area contributed by atoms with E-state index in [0.717, 1.165) is 6.04 Å². The van der Waals surface area contributed by atoms with Crippen molar-refractivity contribution in [3.05, 3.63) is 0 Å². The predicted octanol–water partition coefficient (Wildman–Crippen LogP) is 0.376. The third-order valence-corrected chi connectivity index (χ3v) is 3.64. The Morgan fingerprint density at radius 1 is 1.21 bits per heavy atom. The first-order valence-electron chi connectivity index (χ1n) is 6.07. The van der Waals surface area contributed by atoms with Crippen LogP contribution in [0.4, 0.5) is 0 Å². The maximum atomic E-state index is 3.50. The third kappa shape index (κ3) is 2.47. The van der Waals surface area contributed by atoms with Gasteiger partial charge in [0.25, 0.3) is 0 Å². The quantitative estimate of drug-likeness (QED) is 0.690. The van der Waals surface area contributed by atoms with E-state index in [0.29, 0.717) is 0 Å². The zero-order valence-corrected chi connectivity index (χ0v) is 9.34. The predicted molar refractivity (Wildman–Crippen MR) is 59.6 cm³/mol. The number of piperidine rings is 1. The van der Waals surface area contributed by atoms with Crippen LogP contribution in [0.25, 0.3) is 0 Å². The first-order valence-corrected chi connectivity index (χ1v) is 6.07. The SMILES string of the molecule is CCN1CCN(C2CCCNC2)CC1. The van der Waals surface area contributed by atoms with Gasteiger partial charge in [0.15, 0.2) is 0 Å².